The molecule has 1 fully saturated rings. The van der Waals surface area contributed by atoms with Gasteiger partial charge in [0.05, 0.1) is 21.7 Å². The van der Waals surface area contributed by atoms with Crippen molar-refractivity contribution >= 4 is 50.1 Å². The molecule has 0 amide bonds. The number of hydrogen-bond donors (Lipinski definition) is 0. The van der Waals surface area contributed by atoms with Gasteiger partial charge in [0.25, 0.3) is 0 Å². The lowest BCUT2D eigenvalue weighted by molar-refractivity contribution is 0.412. The van der Waals surface area contributed by atoms with E-state index in [1.165, 1.54) is 6.07 Å². The maximum Gasteiger partial charge on any atom is 0.227 e. The number of aromatic nitrogens is 3. The zero-order valence-corrected chi connectivity index (χ0v) is 13.8. The van der Waals surface area contributed by atoms with Crippen molar-refractivity contribution in [2.24, 2.45) is 0 Å². The number of rotatable bonds is 1. The Morgan fingerprint density at radius 2 is 1.95 bits per heavy atom. The molecule has 0 saturated carbocycles. The molecule has 8 heteroatoms. The van der Waals surface area contributed by atoms with Crippen molar-refractivity contribution in [3.05, 3.63) is 34.7 Å². The van der Waals surface area contributed by atoms with Crippen LogP contribution in [0.5, 0.6) is 0 Å². The maximum atomic E-state index is 13.9. The molecule has 0 bridgehead atoms. The summed E-state index contributed by atoms with van der Waals surface area (Å²) >= 11 is 9.24. The van der Waals surface area contributed by atoms with Gasteiger partial charge in [-0.25, -0.2) is 13.8 Å². The fraction of sp³-hybridized carbons (Fsp3) is 0.286. The lowest BCUT2D eigenvalue weighted by Crippen LogP contribution is -2.43. The third kappa shape index (κ3) is 2.24. The van der Waals surface area contributed by atoms with Gasteiger partial charge in [-0.05, 0) is 39.8 Å². The minimum absolute atomic E-state index is 0.319. The first-order valence-electron chi connectivity index (χ1n) is 6.91. The van der Waals surface area contributed by atoms with Crippen LogP contribution >= 0.6 is 27.7 Å². The van der Waals surface area contributed by atoms with E-state index in [1.807, 2.05) is 6.07 Å². The summed E-state index contributed by atoms with van der Waals surface area (Å²) < 4.78 is 17.8. The Labute approximate surface area is 139 Å². The molecule has 0 unspecified atom stereocenters. The van der Waals surface area contributed by atoms with Gasteiger partial charge in [-0.15, -0.1) is 0 Å². The molecule has 1 aliphatic heterocycles. The van der Waals surface area contributed by atoms with Crippen LogP contribution in [0.3, 0.4) is 0 Å². The monoisotopic (exact) mass is 383 g/mol. The first kappa shape index (κ1) is 14.2. The first-order valence-corrected chi connectivity index (χ1v) is 8.05. The van der Waals surface area contributed by atoms with Crippen LogP contribution in [0, 0.1) is 5.82 Å². The number of fused-ring (bicyclic) bond motifs is 3. The van der Waals surface area contributed by atoms with Gasteiger partial charge >= 0.3 is 0 Å². The summed E-state index contributed by atoms with van der Waals surface area (Å²) in [6, 6.07) is 5.11. The summed E-state index contributed by atoms with van der Waals surface area (Å²) in [4.78, 5) is 6.75. The highest BCUT2D eigenvalue weighted by Crippen LogP contribution is 2.28. The van der Waals surface area contributed by atoms with Gasteiger partial charge in [-0.3, -0.25) is 0 Å². The fourth-order valence-electron chi connectivity index (χ4n) is 2.74. The number of halogens is 3. The second kappa shape index (κ2) is 5.33. The molecule has 0 N–H and O–H groups in total. The zero-order chi connectivity index (χ0) is 15.3. The fourth-order valence-corrected chi connectivity index (χ4v) is 3.24. The van der Waals surface area contributed by atoms with Gasteiger partial charge in [-0.1, -0.05) is 0 Å². The number of piperazine rings is 1. The third-order valence-corrected chi connectivity index (χ3v) is 4.82. The average Bonchev–Trinajstić information content (AvgIpc) is 2.99. The Morgan fingerprint density at radius 1 is 1.18 bits per heavy atom. The van der Waals surface area contributed by atoms with E-state index in [0.29, 0.717) is 9.99 Å². The van der Waals surface area contributed by atoms with Gasteiger partial charge in [0.2, 0.25) is 5.95 Å². The van der Waals surface area contributed by atoms with Crippen LogP contribution in [-0.2, 0) is 0 Å². The minimum atomic E-state index is -0.319. The van der Waals surface area contributed by atoms with Gasteiger partial charge < -0.3 is 4.90 Å². The maximum absolute atomic E-state index is 13.9. The zero-order valence-electron chi connectivity index (χ0n) is 11.5. The Bertz CT molecular complexity index is 859. The Kier molecular flexibility index (Phi) is 3.43. The van der Waals surface area contributed by atoms with Crippen LogP contribution in [0.25, 0.3) is 16.4 Å². The minimum Gasteiger partial charge on any atom is -0.338 e. The van der Waals surface area contributed by atoms with Crippen molar-refractivity contribution < 1.29 is 4.39 Å². The van der Waals surface area contributed by atoms with E-state index in [-0.39, 0.29) is 5.82 Å². The highest BCUT2D eigenvalue weighted by atomic mass is 79.9. The van der Waals surface area contributed by atoms with Crippen LogP contribution in [0.2, 0.25) is 0 Å². The number of benzene rings is 1. The smallest absolute Gasteiger partial charge is 0.227 e. The van der Waals surface area contributed by atoms with Crippen molar-refractivity contribution in [3.63, 3.8) is 0 Å². The third-order valence-electron chi connectivity index (χ3n) is 3.88. The van der Waals surface area contributed by atoms with E-state index in [4.69, 9.17) is 11.8 Å². The van der Waals surface area contributed by atoms with E-state index in [9.17, 15) is 4.39 Å². The molecule has 0 aliphatic carbocycles. The van der Waals surface area contributed by atoms with Gasteiger partial charge in [-0.2, -0.15) is 9.61 Å². The standard InChI is InChI=1S/C14H12BrClFN5/c15-10-7-9-12(8-11(10)17)19-14(22-13(9)1-2-18-22)20-3-5-21(16)6-4-20/h1-2,7-8H,3-6H2. The normalized spacial score (nSPS) is 16.8. The molecular weight excluding hydrogens is 373 g/mol. The Balaban J connectivity index is 1.93. The lowest BCUT2D eigenvalue weighted by Gasteiger charge is -2.31. The summed E-state index contributed by atoms with van der Waals surface area (Å²) in [6.07, 6.45) is 1.73. The quantitative estimate of drug-likeness (QED) is 0.604. The van der Waals surface area contributed by atoms with E-state index in [2.05, 4.69) is 30.9 Å². The molecular formula is C14H12BrClFN5. The predicted molar refractivity (Wildman–Crippen MR) is 87.8 cm³/mol. The molecule has 22 heavy (non-hydrogen) atoms. The van der Waals surface area contributed by atoms with Gasteiger partial charge in [0.15, 0.2) is 0 Å². The SMILES string of the molecule is Fc1cc2nc(N3CCN(Cl)CC3)n3nccc3c2cc1Br. The van der Waals surface area contributed by atoms with Crippen molar-refractivity contribution in [2.75, 3.05) is 31.1 Å². The Hall–Kier alpha value is -1.44. The summed E-state index contributed by atoms with van der Waals surface area (Å²) in [5.41, 5.74) is 1.53. The molecule has 3 heterocycles. The second-order valence-corrected chi connectivity index (χ2v) is 6.55. The first-order chi connectivity index (χ1) is 10.6. The summed E-state index contributed by atoms with van der Waals surface area (Å²) in [7, 11) is 0. The molecule has 2 aromatic heterocycles. The Morgan fingerprint density at radius 3 is 2.73 bits per heavy atom. The van der Waals surface area contributed by atoms with E-state index in [0.717, 1.165) is 43.0 Å². The molecule has 114 valence electrons. The molecule has 1 aromatic carbocycles. The van der Waals surface area contributed by atoms with E-state index >= 15 is 0 Å². The van der Waals surface area contributed by atoms with E-state index in [1.54, 1.807) is 21.2 Å². The van der Waals surface area contributed by atoms with Crippen LogP contribution in [0.15, 0.2) is 28.9 Å². The molecule has 0 radical (unpaired) electrons. The largest absolute Gasteiger partial charge is 0.338 e. The average molecular weight is 385 g/mol. The topological polar surface area (TPSA) is 36.7 Å². The van der Waals surface area contributed by atoms with Crippen LogP contribution in [-0.4, -0.2) is 45.2 Å². The van der Waals surface area contributed by atoms with Gasteiger partial charge in [0.1, 0.15) is 5.82 Å². The summed E-state index contributed by atoms with van der Waals surface area (Å²) in [5.74, 6) is 0.402. The predicted octanol–water partition coefficient (Wildman–Crippen LogP) is 3.06. The number of hydrogen-bond acceptors (Lipinski definition) is 4. The number of nitrogens with zero attached hydrogens (tertiary/aromatic N) is 5. The molecule has 0 atom stereocenters. The van der Waals surface area contributed by atoms with Crippen LogP contribution in [0.1, 0.15) is 0 Å². The highest BCUT2D eigenvalue weighted by molar-refractivity contribution is 9.10. The van der Waals surface area contributed by atoms with Crippen molar-refractivity contribution in [1.29, 1.82) is 0 Å². The van der Waals surface area contributed by atoms with E-state index < -0.39 is 0 Å². The molecule has 4 rings (SSSR count). The van der Waals surface area contributed by atoms with Crippen molar-refractivity contribution in [3.8, 4) is 0 Å². The molecule has 1 aliphatic rings. The molecule has 0 spiro atoms. The van der Waals surface area contributed by atoms with Gasteiger partial charge in [0, 0.05) is 37.6 Å². The van der Waals surface area contributed by atoms with Crippen LogP contribution < -0.4 is 4.90 Å². The molecule has 1 saturated heterocycles. The van der Waals surface area contributed by atoms with Crippen LogP contribution in [0.4, 0.5) is 10.3 Å². The summed E-state index contributed by atoms with van der Waals surface area (Å²) in [5, 5.41) is 5.24. The lowest BCUT2D eigenvalue weighted by atomic mass is 10.2. The van der Waals surface area contributed by atoms with Crippen molar-refractivity contribution in [2.45, 2.75) is 0 Å². The second-order valence-electron chi connectivity index (χ2n) is 5.22. The molecule has 5 nitrogen and oxygen atoms in total. The highest BCUT2D eigenvalue weighted by Gasteiger charge is 2.21. The van der Waals surface area contributed by atoms with Crippen molar-refractivity contribution in [1.82, 2.24) is 19.0 Å². The summed E-state index contributed by atoms with van der Waals surface area (Å²) in [6.45, 7) is 3.02. The number of anilines is 1. The molecule has 3 aromatic rings.